The van der Waals surface area contributed by atoms with Gasteiger partial charge in [0.25, 0.3) is 0 Å². The summed E-state index contributed by atoms with van der Waals surface area (Å²) in [4.78, 5) is 21.6. The Bertz CT molecular complexity index is 290. The van der Waals surface area contributed by atoms with Crippen LogP contribution in [0.3, 0.4) is 0 Å². The second kappa shape index (κ2) is 6.75. The molecular formula is C14H31NO3Si. The molecule has 1 amide bonds. The monoisotopic (exact) mass is 289 g/mol. The smallest absolute Gasteiger partial charge is 0.407 e. The van der Waals surface area contributed by atoms with E-state index < -0.39 is 13.9 Å². The zero-order chi connectivity index (χ0) is 15.3. The Hall–Kier alpha value is -0.553. The zero-order valence-electron chi connectivity index (χ0n) is 13.6. The van der Waals surface area contributed by atoms with Crippen LogP contribution in [-0.4, -0.2) is 31.4 Å². The number of alkyl carbamates (subject to hydrolysis) is 1. The summed E-state index contributed by atoms with van der Waals surface area (Å²) in [7, 11) is -2.11. The van der Waals surface area contributed by atoms with Gasteiger partial charge in [0.15, 0.2) is 8.32 Å². The largest absolute Gasteiger partial charge is 0.444 e. The number of carbonyl (C=O) groups is 1. The fraction of sp³-hybridized carbons (Fsp3) is 0.929. The highest BCUT2D eigenvalue weighted by Crippen LogP contribution is 2.39. The Morgan fingerprint density at radius 2 is 1.68 bits per heavy atom. The van der Waals surface area contributed by atoms with Gasteiger partial charge in [0.1, 0.15) is 5.60 Å². The van der Waals surface area contributed by atoms with Crippen molar-refractivity contribution < 1.29 is 14.3 Å². The summed E-state index contributed by atoms with van der Waals surface area (Å²) in [6, 6.07) is 0. The van der Waals surface area contributed by atoms with Gasteiger partial charge in [-0.2, -0.15) is 0 Å². The highest BCUT2D eigenvalue weighted by Gasteiger charge is 2.37. The lowest BCUT2D eigenvalue weighted by atomic mass is 10.1. The number of amides is 1. The van der Waals surface area contributed by atoms with Crippen LogP contribution >= 0.6 is 0 Å². The van der Waals surface area contributed by atoms with Crippen LogP contribution in [-0.2, 0) is 4.74 Å². The fourth-order valence-corrected chi connectivity index (χ4v) is 2.29. The van der Waals surface area contributed by atoms with Crippen molar-refractivity contribution in [1.82, 2.24) is 5.32 Å². The third-order valence-corrected chi connectivity index (χ3v) is 7.12. The molecule has 0 unspecified atom stereocenters. The molecule has 0 aliphatic rings. The molecule has 0 rings (SSSR count). The van der Waals surface area contributed by atoms with Gasteiger partial charge in [0, 0.05) is 6.54 Å². The molecule has 0 spiro atoms. The van der Waals surface area contributed by atoms with E-state index in [9.17, 15) is 9.59 Å². The maximum Gasteiger partial charge on any atom is 0.407 e. The molecule has 5 heteroatoms. The molecule has 0 heterocycles. The summed E-state index contributed by atoms with van der Waals surface area (Å²) in [6.07, 6.45) is 2.54. The van der Waals surface area contributed by atoms with Crippen molar-refractivity contribution in [2.45, 2.75) is 77.6 Å². The van der Waals surface area contributed by atoms with E-state index in [1.165, 1.54) is 0 Å². The van der Waals surface area contributed by atoms with Crippen LogP contribution in [0, 0.1) is 0 Å². The Balaban J connectivity index is 3.81. The SMILES string of the molecule is CC(C)(C)OC(=O)NCCCCC(C)(C)[Si](C)(C)O. The van der Waals surface area contributed by atoms with Crippen molar-refractivity contribution in [2.75, 3.05) is 6.54 Å². The lowest BCUT2D eigenvalue weighted by molar-refractivity contribution is 0.0527. The van der Waals surface area contributed by atoms with Gasteiger partial charge >= 0.3 is 6.09 Å². The minimum atomic E-state index is -2.11. The first-order valence-electron chi connectivity index (χ1n) is 7.04. The number of nitrogens with one attached hydrogen (secondary N) is 1. The average Bonchev–Trinajstić information content (AvgIpc) is 2.11. The van der Waals surface area contributed by atoms with E-state index in [0.29, 0.717) is 6.54 Å². The lowest BCUT2D eigenvalue weighted by Crippen LogP contribution is -2.39. The maximum atomic E-state index is 11.4. The van der Waals surface area contributed by atoms with Gasteiger partial charge in [-0.1, -0.05) is 20.3 Å². The standard InChI is InChI=1S/C14H31NO3Si/c1-13(2,3)18-12(16)15-11-9-8-10-14(4,5)19(6,7)17/h17H,8-11H2,1-7H3,(H,15,16). The molecule has 0 aromatic carbocycles. The molecule has 0 aromatic rings. The van der Waals surface area contributed by atoms with E-state index in [0.717, 1.165) is 19.3 Å². The van der Waals surface area contributed by atoms with Crippen LogP contribution in [0.1, 0.15) is 53.9 Å². The van der Waals surface area contributed by atoms with Crippen LogP contribution in [0.5, 0.6) is 0 Å². The highest BCUT2D eigenvalue weighted by molar-refractivity contribution is 6.72. The molecule has 19 heavy (non-hydrogen) atoms. The van der Waals surface area contributed by atoms with Crippen LogP contribution in [0.2, 0.25) is 18.1 Å². The van der Waals surface area contributed by atoms with Crippen LogP contribution in [0.25, 0.3) is 0 Å². The van der Waals surface area contributed by atoms with Crippen molar-refractivity contribution in [3.63, 3.8) is 0 Å². The van der Waals surface area contributed by atoms with Gasteiger partial charge in [0.2, 0.25) is 0 Å². The van der Waals surface area contributed by atoms with Crippen molar-refractivity contribution >= 4 is 14.4 Å². The van der Waals surface area contributed by atoms with E-state index in [1.54, 1.807) is 0 Å². The van der Waals surface area contributed by atoms with Gasteiger partial charge in [0.05, 0.1) is 0 Å². The predicted octanol–water partition coefficient (Wildman–Crippen LogP) is 3.66. The van der Waals surface area contributed by atoms with Gasteiger partial charge in [-0.05, 0) is 51.7 Å². The molecule has 4 nitrogen and oxygen atoms in total. The van der Waals surface area contributed by atoms with Crippen LogP contribution < -0.4 is 5.32 Å². The summed E-state index contributed by atoms with van der Waals surface area (Å²) in [5.41, 5.74) is -0.446. The van der Waals surface area contributed by atoms with Crippen LogP contribution in [0.4, 0.5) is 4.79 Å². The molecule has 0 saturated heterocycles. The quantitative estimate of drug-likeness (QED) is 0.579. The molecule has 0 radical (unpaired) electrons. The summed E-state index contributed by atoms with van der Waals surface area (Å²) >= 11 is 0. The number of hydrogen-bond acceptors (Lipinski definition) is 3. The molecule has 2 N–H and O–H groups in total. The van der Waals surface area contributed by atoms with Crippen molar-refractivity contribution in [2.24, 2.45) is 0 Å². The number of unbranched alkanes of at least 4 members (excludes halogenated alkanes) is 1. The first-order chi connectivity index (χ1) is 8.35. The number of rotatable bonds is 6. The molecule has 114 valence electrons. The van der Waals surface area contributed by atoms with E-state index in [1.807, 2.05) is 33.9 Å². The number of ether oxygens (including phenoxy) is 1. The van der Waals surface area contributed by atoms with Gasteiger partial charge in [-0.25, -0.2) is 4.79 Å². The first-order valence-corrected chi connectivity index (χ1v) is 9.99. The van der Waals surface area contributed by atoms with E-state index in [-0.39, 0.29) is 11.1 Å². The summed E-state index contributed by atoms with van der Waals surface area (Å²) < 4.78 is 5.16. The Morgan fingerprint density at radius 3 is 2.11 bits per heavy atom. The average molecular weight is 289 g/mol. The summed E-state index contributed by atoms with van der Waals surface area (Å²) in [5, 5.41) is 2.76. The molecule has 0 saturated carbocycles. The normalized spacial score (nSPS) is 13.3. The highest BCUT2D eigenvalue weighted by atomic mass is 28.4. The zero-order valence-corrected chi connectivity index (χ0v) is 14.6. The van der Waals surface area contributed by atoms with E-state index >= 15 is 0 Å². The second-order valence-electron chi connectivity index (χ2n) is 7.33. The Labute approximate surface area is 119 Å². The third kappa shape index (κ3) is 8.26. The second-order valence-corrected chi connectivity index (χ2v) is 11.8. The Kier molecular flexibility index (Phi) is 6.55. The summed E-state index contributed by atoms with van der Waals surface area (Å²) in [6.45, 7) is 14.4. The predicted molar refractivity (Wildman–Crippen MR) is 81.8 cm³/mol. The lowest BCUT2D eigenvalue weighted by Gasteiger charge is -2.35. The van der Waals surface area contributed by atoms with Crippen molar-refractivity contribution in [3.05, 3.63) is 0 Å². The minimum absolute atomic E-state index is 0.0128. The van der Waals surface area contributed by atoms with E-state index in [4.69, 9.17) is 4.74 Å². The van der Waals surface area contributed by atoms with Gasteiger partial charge in [-0.3, -0.25) is 0 Å². The number of carbonyl (C=O) groups excluding carboxylic acids is 1. The summed E-state index contributed by atoms with van der Waals surface area (Å²) in [5.74, 6) is 0. The third-order valence-electron chi connectivity index (χ3n) is 3.55. The molecule has 0 atom stereocenters. The molecule has 0 aromatic heterocycles. The molecule has 0 bridgehead atoms. The van der Waals surface area contributed by atoms with Crippen molar-refractivity contribution in [3.8, 4) is 0 Å². The van der Waals surface area contributed by atoms with Gasteiger partial charge in [-0.15, -0.1) is 0 Å². The molecule has 0 fully saturated rings. The fourth-order valence-electron chi connectivity index (χ4n) is 1.50. The molecular weight excluding hydrogens is 258 g/mol. The topological polar surface area (TPSA) is 58.6 Å². The maximum absolute atomic E-state index is 11.4. The minimum Gasteiger partial charge on any atom is -0.444 e. The van der Waals surface area contributed by atoms with Gasteiger partial charge < -0.3 is 14.8 Å². The first kappa shape index (κ1) is 18.4. The number of hydrogen-bond donors (Lipinski definition) is 2. The van der Waals surface area contributed by atoms with Crippen molar-refractivity contribution in [1.29, 1.82) is 0 Å². The molecule has 0 aliphatic heterocycles. The van der Waals surface area contributed by atoms with Crippen LogP contribution in [0.15, 0.2) is 0 Å². The Morgan fingerprint density at radius 1 is 1.16 bits per heavy atom. The van der Waals surface area contributed by atoms with E-state index in [2.05, 4.69) is 19.2 Å². The molecule has 0 aliphatic carbocycles.